The Hall–Kier alpha value is -0.940. The van der Waals surface area contributed by atoms with Crippen LogP contribution in [0.3, 0.4) is 0 Å². The number of sulfonamides is 1. The molecule has 0 amide bonds. The normalized spacial score (nSPS) is 11.8. The summed E-state index contributed by atoms with van der Waals surface area (Å²) in [6.07, 6.45) is 1.74. The van der Waals surface area contributed by atoms with Gasteiger partial charge in [-0.05, 0) is 31.0 Å². The molecule has 0 saturated heterocycles. The largest absolute Gasteiger partial charge is 0.357 e. The van der Waals surface area contributed by atoms with Crippen LogP contribution >= 0.6 is 24.0 Å². The number of hydrogen-bond donors (Lipinski definition) is 2. The quantitative estimate of drug-likeness (QED) is 0.262. The van der Waals surface area contributed by atoms with E-state index in [1.807, 2.05) is 24.9 Å². The Kier molecular flexibility index (Phi) is 11.1. The second kappa shape index (κ2) is 11.6. The van der Waals surface area contributed by atoms with Gasteiger partial charge in [-0.25, -0.2) is 17.5 Å². The molecule has 0 heterocycles. The van der Waals surface area contributed by atoms with Crippen LogP contribution in [0, 0.1) is 5.82 Å². The van der Waals surface area contributed by atoms with Crippen molar-refractivity contribution in [1.29, 1.82) is 0 Å². The second-order valence-corrected chi connectivity index (χ2v) is 7.07. The van der Waals surface area contributed by atoms with E-state index in [1.165, 1.54) is 12.1 Å². The van der Waals surface area contributed by atoms with Crippen LogP contribution in [0.2, 0.25) is 0 Å². The molecule has 0 spiro atoms. The summed E-state index contributed by atoms with van der Waals surface area (Å²) in [5, 5.41) is 3.17. The van der Waals surface area contributed by atoms with Crippen LogP contribution in [0.25, 0.3) is 0 Å². The topological polar surface area (TPSA) is 73.8 Å². The van der Waals surface area contributed by atoms with Crippen LogP contribution in [-0.4, -0.2) is 52.2 Å². The highest BCUT2D eigenvalue weighted by Gasteiger charge is 2.07. The summed E-state index contributed by atoms with van der Waals surface area (Å²) in [6, 6.07) is 6.45. The summed E-state index contributed by atoms with van der Waals surface area (Å²) in [4.78, 5) is 6.36. The summed E-state index contributed by atoms with van der Waals surface area (Å²) in [5.41, 5.74) is 0.858. The van der Waals surface area contributed by atoms with Crippen molar-refractivity contribution in [2.45, 2.75) is 19.9 Å². The van der Waals surface area contributed by atoms with Crippen molar-refractivity contribution >= 4 is 40.0 Å². The maximum atomic E-state index is 13.2. The van der Waals surface area contributed by atoms with Crippen molar-refractivity contribution < 1.29 is 12.8 Å². The number of aliphatic imine (C=N–C) groups is 1. The number of hydrogen-bond acceptors (Lipinski definition) is 3. The average Bonchev–Trinajstić information content (AvgIpc) is 2.44. The number of nitrogens with one attached hydrogen (secondary N) is 2. The number of guanidine groups is 1. The fourth-order valence-corrected chi connectivity index (χ4v) is 2.49. The summed E-state index contributed by atoms with van der Waals surface area (Å²) >= 11 is 0. The lowest BCUT2D eigenvalue weighted by Crippen LogP contribution is -2.38. The molecule has 0 saturated carbocycles. The van der Waals surface area contributed by atoms with Crippen LogP contribution in [-0.2, 0) is 16.6 Å². The van der Waals surface area contributed by atoms with E-state index in [0.717, 1.165) is 11.8 Å². The minimum Gasteiger partial charge on any atom is -0.357 e. The number of nitrogens with zero attached hydrogens (tertiary/aromatic N) is 2. The molecule has 2 N–H and O–H groups in total. The number of benzene rings is 1. The molecule has 1 aromatic rings. The molecule has 1 rings (SSSR count). The first kappa shape index (κ1) is 23.1. The van der Waals surface area contributed by atoms with Gasteiger partial charge in [0.1, 0.15) is 5.82 Å². The Morgan fingerprint density at radius 3 is 2.67 bits per heavy atom. The summed E-state index contributed by atoms with van der Waals surface area (Å²) in [6.45, 7) is 4.07. The predicted octanol–water partition coefficient (Wildman–Crippen LogP) is 1.78. The minimum atomic E-state index is -3.16. The van der Waals surface area contributed by atoms with Gasteiger partial charge in [-0.2, -0.15) is 0 Å². The van der Waals surface area contributed by atoms with Gasteiger partial charge in [-0.1, -0.05) is 12.1 Å². The third kappa shape index (κ3) is 10.0. The highest BCUT2D eigenvalue weighted by molar-refractivity contribution is 14.0. The molecule has 0 aliphatic rings. The van der Waals surface area contributed by atoms with Crippen LogP contribution in [0.15, 0.2) is 29.3 Å². The Morgan fingerprint density at radius 2 is 2.08 bits per heavy atom. The van der Waals surface area contributed by atoms with Crippen LogP contribution < -0.4 is 10.0 Å². The zero-order chi connectivity index (χ0) is 17.3. The molecule has 0 fully saturated rings. The Balaban J connectivity index is 0.00000529. The van der Waals surface area contributed by atoms with Crippen molar-refractivity contribution in [2.75, 3.05) is 32.9 Å². The first-order valence-electron chi connectivity index (χ1n) is 7.50. The maximum Gasteiger partial charge on any atom is 0.208 e. The van der Waals surface area contributed by atoms with Crippen LogP contribution in [0.4, 0.5) is 4.39 Å². The molecule has 1 aromatic carbocycles. The van der Waals surface area contributed by atoms with Gasteiger partial charge in [0.15, 0.2) is 5.96 Å². The molecule has 0 radical (unpaired) electrons. The van der Waals surface area contributed by atoms with Crippen molar-refractivity contribution in [3.8, 4) is 0 Å². The lowest BCUT2D eigenvalue weighted by atomic mass is 10.2. The van der Waals surface area contributed by atoms with Gasteiger partial charge in [0.25, 0.3) is 0 Å². The number of rotatable bonds is 8. The molecular weight excluding hydrogens is 446 g/mol. The van der Waals surface area contributed by atoms with E-state index >= 15 is 0 Å². The molecular formula is C15H26FIN4O2S. The molecule has 0 atom stereocenters. The fourth-order valence-electron chi connectivity index (χ4n) is 1.98. The SMILES string of the molecule is CCNC(=NCCCNS(C)(=O)=O)N(C)Cc1cccc(F)c1.I. The maximum absolute atomic E-state index is 13.2. The second-order valence-electron chi connectivity index (χ2n) is 5.24. The highest BCUT2D eigenvalue weighted by Crippen LogP contribution is 2.06. The molecule has 0 aliphatic carbocycles. The molecule has 0 aromatic heterocycles. The van der Waals surface area contributed by atoms with Gasteiger partial charge < -0.3 is 10.2 Å². The van der Waals surface area contributed by atoms with E-state index in [4.69, 9.17) is 0 Å². The predicted molar refractivity (Wildman–Crippen MR) is 107 cm³/mol. The fraction of sp³-hybridized carbons (Fsp3) is 0.533. The molecule has 9 heteroatoms. The Morgan fingerprint density at radius 1 is 1.38 bits per heavy atom. The molecule has 138 valence electrons. The average molecular weight is 472 g/mol. The smallest absolute Gasteiger partial charge is 0.208 e. The zero-order valence-corrected chi connectivity index (χ0v) is 17.4. The molecule has 6 nitrogen and oxygen atoms in total. The Bertz CT molecular complexity index is 626. The van der Waals surface area contributed by atoms with Gasteiger partial charge in [0, 0.05) is 33.2 Å². The van der Waals surface area contributed by atoms with Crippen LogP contribution in [0.1, 0.15) is 18.9 Å². The lowest BCUT2D eigenvalue weighted by molar-refractivity contribution is 0.474. The van der Waals surface area contributed by atoms with Crippen LogP contribution in [0.5, 0.6) is 0 Å². The van der Waals surface area contributed by atoms with Crippen molar-refractivity contribution in [3.63, 3.8) is 0 Å². The third-order valence-electron chi connectivity index (χ3n) is 2.97. The van der Waals surface area contributed by atoms with Gasteiger partial charge in [0.05, 0.1) is 6.26 Å². The van der Waals surface area contributed by atoms with Gasteiger partial charge in [0.2, 0.25) is 10.0 Å². The lowest BCUT2D eigenvalue weighted by Gasteiger charge is -2.22. The minimum absolute atomic E-state index is 0. The van der Waals surface area contributed by atoms with Gasteiger partial charge in [-0.15, -0.1) is 24.0 Å². The summed E-state index contributed by atoms with van der Waals surface area (Å²) in [5.74, 6) is 0.445. The standard InChI is InChI=1S/C15H25FN4O2S.HI/c1-4-17-15(18-9-6-10-19-23(3,21)22)20(2)12-13-7-5-8-14(16)11-13;/h5,7-8,11,19H,4,6,9-10,12H2,1-3H3,(H,17,18);1H. The van der Waals surface area contributed by atoms with E-state index < -0.39 is 10.0 Å². The third-order valence-corrected chi connectivity index (χ3v) is 3.69. The van der Waals surface area contributed by atoms with E-state index in [1.54, 1.807) is 6.07 Å². The van der Waals surface area contributed by atoms with Gasteiger partial charge >= 0.3 is 0 Å². The first-order chi connectivity index (χ1) is 10.8. The summed E-state index contributed by atoms with van der Waals surface area (Å²) in [7, 11) is -1.28. The van der Waals surface area contributed by atoms with E-state index in [9.17, 15) is 12.8 Å². The van der Waals surface area contributed by atoms with Crippen molar-refractivity contribution in [1.82, 2.24) is 14.9 Å². The monoisotopic (exact) mass is 472 g/mol. The molecule has 0 bridgehead atoms. The van der Waals surface area contributed by atoms with E-state index in [0.29, 0.717) is 38.6 Å². The molecule has 24 heavy (non-hydrogen) atoms. The summed E-state index contributed by atoms with van der Waals surface area (Å²) < 4.78 is 37.6. The zero-order valence-electron chi connectivity index (χ0n) is 14.3. The van der Waals surface area contributed by atoms with Gasteiger partial charge in [-0.3, -0.25) is 4.99 Å². The molecule has 0 unspecified atom stereocenters. The highest BCUT2D eigenvalue weighted by atomic mass is 127. The van der Waals surface area contributed by atoms with Crippen molar-refractivity contribution in [3.05, 3.63) is 35.6 Å². The molecule has 0 aliphatic heterocycles. The van der Waals surface area contributed by atoms with E-state index in [-0.39, 0.29) is 29.8 Å². The van der Waals surface area contributed by atoms with E-state index in [2.05, 4.69) is 15.0 Å². The first-order valence-corrected chi connectivity index (χ1v) is 9.39. The van der Waals surface area contributed by atoms with Crippen molar-refractivity contribution in [2.24, 2.45) is 4.99 Å². The Labute approximate surface area is 161 Å². The number of halogens is 2.